The van der Waals surface area contributed by atoms with Gasteiger partial charge < -0.3 is 9.64 Å². The van der Waals surface area contributed by atoms with Gasteiger partial charge in [-0.1, -0.05) is 24.6 Å². The molecule has 2 aromatic rings. The number of fused-ring (bicyclic) bond motifs is 1. The number of hydrogen-bond donors (Lipinski definition) is 0. The molecule has 4 rings (SSSR count). The van der Waals surface area contributed by atoms with Crippen molar-refractivity contribution in [2.24, 2.45) is 0 Å². The van der Waals surface area contributed by atoms with Gasteiger partial charge >= 0.3 is 0 Å². The third kappa shape index (κ3) is 3.99. The molecule has 0 amide bonds. The van der Waals surface area contributed by atoms with Crippen LogP contribution in [0.4, 0.5) is 10.3 Å². The van der Waals surface area contributed by atoms with Crippen molar-refractivity contribution in [1.82, 2.24) is 19.7 Å². The highest BCUT2D eigenvalue weighted by Gasteiger charge is 2.31. The number of benzene rings is 1. The number of piperidine rings is 1. The van der Waals surface area contributed by atoms with E-state index in [0.29, 0.717) is 31.2 Å². The summed E-state index contributed by atoms with van der Waals surface area (Å²) in [6, 6.07) is 7.48. The Morgan fingerprint density at radius 3 is 2.89 bits per heavy atom. The summed E-state index contributed by atoms with van der Waals surface area (Å²) in [5, 5.41) is 8.92. The Kier molecular flexibility index (Phi) is 5.69. The molecule has 2 saturated heterocycles. The lowest BCUT2D eigenvalue weighted by molar-refractivity contribution is 0.132. The van der Waals surface area contributed by atoms with Gasteiger partial charge in [0.05, 0.1) is 13.2 Å². The van der Waals surface area contributed by atoms with Crippen molar-refractivity contribution in [1.29, 1.82) is 0 Å². The van der Waals surface area contributed by atoms with Crippen LogP contribution in [0.1, 0.15) is 30.7 Å². The first-order chi connectivity index (χ1) is 13.3. The summed E-state index contributed by atoms with van der Waals surface area (Å²) in [6.07, 6.45) is 4.31. The highest BCUT2D eigenvalue weighted by molar-refractivity contribution is 5.34. The van der Waals surface area contributed by atoms with Gasteiger partial charge in [-0.05, 0) is 31.0 Å². The molecular weight excluding hydrogens is 345 g/mol. The van der Waals surface area contributed by atoms with E-state index in [1.165, 1.54) is 31.9 Å². The second kappa shape index (κ2) is 8.35. The lowest BCUT2D eigenvalue weighted by Crippen LogP contribution is -2.55. The molecular formula is C20H28FN5O. The summed E-state index contributed by atoms with van der Waals surface area (Å²) in [6.45, 7) is 5.50. The average molecular weight is 373 g/mol. The zero-order valence-corrected chi connectivity index (χ0v) is 16.0. The van der Waals surface area contributed by atoms with Crippen LogP contribution in [-0.4, -0.2) is 65.6 Å². The number of ether oxygens (including phenoxy) is 1. The molecule has 2 aliphatic rings. The predicted octanol–water partition coefficient (Wildman–Crippen LogP) is 2.33. The first kappa shape index (κ1) is 18.4. The van der Waals surface area contributed by atoms with Crippen LogP contribution in [-0.2, 0) is 17.7 Å². The number of halogens is 1. The van der Waals surface area contributed by atoms with Crippen molar-refractivity contribution in [3.05, 3.63) is 41.5 Å². The van der Waals surface area contributed by atoms with E-state index < -0.39 is 0 Å². The van der Waals surface area contributed by atoms with Crippen molar-refractivity contribution in [3.8, 4) is 0 Å². The average Bonchev–Trinajstić information content (AvgIpc) is 3.10. The highest BCUT2D eigenvalue weighted by atomic mass is 19.1. The summed E-state index contributed by atoms with van der Waals surface area (Å²) in [4.78, 5) is 4.95. The van der Waals surface area contributed by atoms with Gasteiger partial charge in [-0.2, -0.15) is 0 Å². The van der Waals surface area contributed by atoms with E-state index in [4.69, 9.17) is 4.74 Å². The molecule has 0 spiro atoms. The Balaban J connectivity index is 1.57. The summed E-state index contributed by atoms with van der Waals surface area (Å²) in [5.41, 5.74) is 0.646. The van der Waals surface area contributed by atoms with Gasteiger partial charge in [0.15, 0.2) is 0 Å². The lowest BCUT2D eigenvalue weighted by atomic mass is 10.00. The quantitative estimate of drug-likeness (QED) is 0.778. The maximum absolute atomic E-state index is 14.1. The molecule has 0 aliphatic carbocycles. The summed E-state index contributed by atoms with van der Waals surface area (Å²) in [5.74, 6) is 1.48. The second-order valence-electron chi connectivity index (χ2n) is 7.46. The molecule has 0 radical (unpaired) electrons. The number of aromatic nitrogens is 3. The van der Waals surface area contributed by atoms with Crippen molar-refractivity contribution in [3.63, 3.8) is 0 Å². The van der Waals surface area contributed by atoms with E-state index >= 15 is 0 Å². The van der Waals surface area contributed by atoms with E-state index in [9.17, 15) is 4.39 Å². The minimum Gasteiger partial charge on any atom is -0.383 e. The first-order valence-electron chi connectivity index (χ1n) is 9.89. The van der Waals surface area contributed by atoms with Gasteiger partial charge in [-0.3, -0.25) is 9.47 Å². The van der Waals surface area contributed by atoms with Gasteiger partial charge in [0.25, 0.3) is 0 Å². The fourth-order valence-electron chi connectivity index (χ4n) is 4.25. The minimum absolute atomic E-state index is 0.198. The van der Waals surface area contributed by atoms with Crippen molar-refractivity contribution in [2.75, 3.05) is 44.8 Å². The molecule has 146 valence electrons. The van der Waals surface area contributed by atoms with Gasteiger partial charge in [0.1, 0.15) is 11.6 Å². The zero-order chi connectivity index (χ0) is 18.6. The maximum Gasteiger partial charge on any atom is 0.227 e. The Morgan fingerprint density at radius 1 is 1.15 bits per heavy atom. The Bertz CT molecular complexity index is 765. The molecule has 7 heteroatoms. The van der Waals surface area contributed by atoms with Crippen LogP contribution in [0.25, 0.3) is 0 Å². The van der Waals surface area contributed by atoms with E-state index in [1.807, 2.05) is 12.1 Å². The van der Waals surface area contributed by atoms with Gasteiger partial charge in [0, 0.05) is 39.2 Å². The molecule has 27 heavy (non-hydrogen) atoms. The number of piperazine rings is 1. The van der Waals surface area contributed by atoms with Crippen LogP contribution < -0.4 is 4.90 Å². The van der Waals surface area contributed by atoms with Gasteiger partial charge in [0.2, 0.25) is 5.95 Å². The van der Waals surface area contributed by atoms with Crippen LogP contribution >= 0.6 is 0 Å². The largest absolute Gasteiger partial charge is 0.383 e. The standard InChI is InChI=1S/C20H28FN5O/c1-27-13-12-26-19(14-16-6-2-3-8-18(16)21)22-23-20(26)25-11-10-24-9-5-4-7-17(24)15-25/h2-3,6,8,17H,4-5,7,9-15H2,1H3/t17-/m0/s1. The molecule has 6 nitrogen and oxygen atoms in total. The molecule has 3 heterocycles. The Hall–Kier alpha value is -1.99. The third-order valence-corrected chi connectivity index (χ3v) is 5.75. The lowest BCUT2D eigenvalue weighted by Gasteiger charge is -2.44. The topological polar surface area (TPSA) is 46.4 Å². The monoisotopic (exact) mass is 373 g/mol. The zero-order valence-electron chi connectivity index (χ0n) is 16.0. The number of rotatable bonds is 6. The molecule has 1 aromatic heterocycles. The van der Waals surface area contributed by atoms with Gasteiger partial charge in [-0.15, -0.1) is 10.2 Å². The van der Waals surface area contributed by atoms with Crippen LogP contribution in [0, 0.1) is 5.82 Å². The summed E-state index contributed by atoms with van der Waals surface area (Å²) >= 11 is 0. The molecule has 2 fully saturated rings. The summed E-state index contributed by atoms with van der Waals surface area (Å²) < 4.78 is 21.5. The number of anilines is 1. The number of methoxy groups -OCH3 is 1. The van der Waals surface area contributed by atoms with Gasteiger partial charge in [-0.25, -0.2) is 4.39 Å². The fourth-order valence-corrected chi connectivity index (χ4v) is 4.25. The minimum atomic E-state index is -0.198. The number of nitrogens with zero attached hydrogens (tertiary/aromatic N) is 5. The highest BCUT2D eigenvalue weighted by Crippen LogP contribution is 2.25. The van der Waals surface area contributed by atoms with Crippen LogP contribution in [0.3, 0.4) is 0 Å². The van der Waals surface area contributed by atoms with Crippen molar-refractivity contribution < 1.29 is 9.13 Å². The molecule has 0 N–H and O–H groups in total. The third-order valence-electron chi connectivity index (χ3n) is 5.75. The van der Waals surface area contributed by atoms with Crippen molar-refractivity contribution in [2.45, 2.75) is 38.3 Å². The van der Waals surface area contributed by atoms with Crippen molar-refractivity contribution >= 4 is 5.95 Å². The van der Waals surface area contributed by atoms with E-state index in [0.717, 1.165) is 31.4 Å². The molecule has 0 unspecified atom stereocenters. The smallest absolute Gasteiger partial charge is 0.227 e. The Morgan fingerprint density at radius 2 is 2.04 bits per heavy atom. The first-order valence-corrected chi connectivity index (χ1v) is 9.89. The van der Waals surface area contributed by atoms with Crippen LogP contribution in [0.5, 0.6) is 0 Å². The molecule has 0 saturated carbocycles. The van der Waals surface area contributed by atoms with E-state index in [1.54, 1.807) is 13.2 Å². The maximum atomic E-state index is 14.1. The van der Waals surface area contributed by atoms with Crippen LogP contribution in [0.2, 0.25) is 0 Å². The van der Waals surface area contributed by atoms with E-state index in [2.05, 4.69) is 24.6 Å². The molecule has 1 aromatic carbocycles. The summed E-state index contributed by atoms with van der Waals surface area (Å²) in [7, 11) is 1.70. The fraction of sp³-hybridized carbons (Fsp3) is 0.600. The SMILES string of the molecule is COCCn1c(Cc2ccccc2F)nnc1N1CCN2CCCC[C@H]2C1. The van der Waals surface area contributed by atoms with Crippen LogP contribution in [0.15, 0.2) is 24.3 Å². The molecule has 2 aliphatic heterocycles. The molecule has 0 bridgehead atoms. The van der Waals surface area contributed by atoms with E-state index in [-0.39, 0.29) is 5.82 Å². The second-order valence-corrected chi connectivity index (χ2v) is 7.46. The number of hydrogen-bond acceptors (Lipinski definition) is 5. The molecule has 1 atom stereocenters. The normalized spacial score (nSPS) is 20.7. The predicted molar refractivity (Wildman–Crippen MR) is 103 cm³/mol. The Labute approximate surface area is 159 Å².